The highest BCUT2D eigenvalue weighted by atomic mass is 16.5. The minimum Gasteiger partial charge on any atom is -0.396 e. The normalized spacial score (nSPS) is 22.4. The topological polar surface area (TPSA) is 69.9 Å². The fourth-order valence-electron chi connectivity index (χ4n) is 1.02. The van der Waals surface area contributed by atoms with Crippen molar-refractivity contribution >= 4 is 0 Å². The first-order valence-corrected chi connectivity index (χ1v) is 4.60. The fraction of sp³-hybridized carbons (Fsp3) is 1.00. The predicted molar refractivity (Wildman–Crippen MR) is 49.2 cm³/mol. The number of aliphatic hydroxyl groups is 3. The van der Waals surface area contributed by atoms with E-state index in [1.807, 2.05) is 0 Å². The van der Waals surface area contributed by atoms with Gasteiger partial charge in [-0.2, -0.15) is 0 Å². The fourth-order valence-corrected chi connectivity index (χ4v) is 1.02. The Kier molecular flexibility index (Phi) is 6.24. The minimum absolute atomic E-state index is 0.269. The van der Waals surface area contributed by atoms with E-state index in [1.54, 1.807) is 0 Å². The third-order valence-electron chi connectivity index (χ3n) is 1.48. The molecule has 1 atom stereocenters. The lowest BCUT2D eigenvalue weighted by atomic mass is 10.2. The molecule has 4 nitrogen and oxygen atoms in total. The van der Waals surface area contributed by atoms with Gasteiger partial charge in [-0.15, -0.1) is 0 Å². The Bertz CT molecular complexity index is 107. The van der Waals surface area contributed by atoms with Crippen molar-refractivity contribution in [1.29, 1.82) is 0 Å². The molecule has 1 fully saturated rings. The van der Waals surface area contributed by atoms with Gasteiger partial charge in [-0.05, 0) is 33.1 Å². The number of hydrogen-bond donors (Lipinski definition) is 3. The van der Waals surface area contributed by atoms with E-state index in [9.17, 15) is 0 Å². The molecule has 0 aromatic rings. The first-order valence-electron chi connectivity index (χ1n) is 4.60. The summed E-state index contributed by atoms with van der Waals surface area (Å²) in [5.41, 5.74) is 0. The number of aliphatic hydroxyl groups excluding tert-OH is 1. The van der Waals surface area contributed by atoms with Gasteiger partial charge in [-0.25, -0.2) is 0 Å². The summed E-state index contributed by atoms with van der Waals surface area (Å²) in [6.45, 7) is 3.76. The van der Waals surface area contributed by atoms with E-state index in [2.05, 4.69) is 0 Å². The van der Waals surface area contributed by atoms with Gasteiger partial charge < -0.3 is 20.1 Å². The van der Waals surface area contributed by atoms with Crippen LogP contribution in [0.1, 0.15) is 33.1 Å². The molecule has 0 spiro atoms. The van der Waals surface area contributed by atoms with Crippen LogP contribution in [0.3, 0.4) is 0 Å². The molecule has 0 unspecified atom stereocenters. The molecule has 1 saturated heterocycles. The average Bonchev–Trinajstić information content (AvgIpc) is 2.36. The van der Waals surface area contributed by atoms with Crippen molar-refractivity contribution < 1.29 is 20.1 Å². The van der Waals surface area contributed by atoms with Crippen LogP contribution in [-0.2, 0) is 4.74 Å². The van der Waals surface area contributed by atoms with Gasteiger partial charge in [-0.1, -0.05) is 0 Å². The second-order valence-corrected chi connectivity index (χ2v) is 3.64. The summed E-state index contributed by atoms with van der Waals surface area (Å²) in [5.74, 6) is -1.50. The first-order chi connectivity index (χ1) is 5.93. The molecule has 0 aromatic heterocycles. The lowest BCUT2D eigenvalue weighted by Gasteiger charge is -2.03. The summed E-state index contributed by atoms with van der Waals surface area (Å²) in [5, 5.41) is 24.6. The smallest absolute Gasteiger partial charge is 0.156 e. The SMILES string of the molecule is CC(C)(O)O.OCC[C@@H]1CCCO1. The molecular weight excluding hydrogens is 172 g/mol. The Morgan fingerprint density at radius 1 is 1.38 bits per heavy atom. The van der Waals surface area contributed by atoms with Gasteiger partial charge in [0.1, 0.15) is 0 Å². The molecule has 1 heterocycles. The molecule has 0 radical (unpaired) electrons. The van der Waals surface area contributed by atoms with Crippen LogP contribution in [0, 0.1) is 0 Å². The molecule has 80 valence electrons. The maximum atomic E-state index is 8.45. The van der Waals surface area contributed by atoms with Gasteiger partial charge in [0.2, 0.25) is 0 Å². The van der Waals surface area contributed by atoms with Crippen molar-refractivity contribution in [2.45, 2.75) is 45.0 Å². The van der Waals surface area contributed by atoms with E-state index in [-0.39, 0.29) is 6.61 Å². The van der Waals surface area contributed by atoms with Crippen molar-refractivity contribution in [2.75, 3.05) is 13.2 Å². The van der Waals surface area contributed by atoms with Crippen molar-refractivity contribution in [1.82, 2.24) is 0 Å². The third-order valence-corrected chi connectivity index (χ3v) is 1.48. The number of hydrogen-bond acceptors (Lipinski definition) is 4. The van der Waals surface area contributed by atoms with Crippen molar-refractivity contribution in [3.05, 3.63) is 0 Å². The van der Waals surface area contributed by atoms with Crippen molar-refractivity contribution in [3.63, 3.8) is 0 Å². The van der Waals surface area contributed by atoms with Crippen LogP contribution < -0.4 is 0 Å². The van der Waals surface area contributed by atoms with Crippen LogP contribution >= 0.6 is 0 Å². The highest BCUT2D eigenvalue weighted by Gasteiger charge is 2.13. The Morgan fingerprint density at radius 2 is 1.92 bits per heavy atom. The van der Waals surface area contributed by atoms with Crippen LogP contribution in [0.15, 0.2) is 0 Å². The molecule has 0 saturated carbocycles. The van der Waals surface area contributed by atoms with E-state index >= 15 is 0 Å². The quantitative estimate of drug-likeness (QED) is 0.549. The minimum atomic E-state index is -1.50. The summed E-state index contributed by atoms with van der Waals surface area (Å²) in [6.07, 6.45) is 3.49. The molecule has 0 amide bonds. The van der Waals surface area contributed by atoms with E-state index < -0.39 is 5.79 Å². The molecule has 4 heteroatoms. The second-order valence-electron chi connectivity index (χ2n) is 3.64. The molecule has 0 aliphatic carbocycles. The Morgan fingerprint density at radius 3 is 2.23 bits per heavy atom. The van der Waals surface area contributed by atoms with Gasteiger partial charge in [-0.3, -0.25) is 0 Å². The largest absolute Gasteiger partial charge is 0.396 e. The number of ether oxygens (including phenoxy) is 1. The summed E-state index contributed by atoms with van der Waals surface area (Å²) < 4.78 is 5.23. The first kappa shape index (κ1) is 12.8. The van der Waals surface area contributed by atoms with E-state index in [4.69, 9.17) is 20.1 Å². The zero-order valence-electron chi connectivity index (χ0n) is 8.36. The Hall–Kier alpha value is -0.160. The van der Waals surface area contributed by atoms with Crippen molar-refractivity contribution in [2.24, 2.45) is 0 Å². The Labute approximate surface area is 79.2 Å². The maximum Gasteiger partial charge on any atom is 0.156 e. The molecule has 1 aliphatic heterocycles. The zero-order valence-corrected chi connectivity index (χ0v) is 8.36. The molecule has 1 aliphatic rings. The monoisotopic (exact) mass is 192 g/mol. The molecule has 3 N–H and O–H groups in total. The number of rotatable bonds is 2. The highest BCUT2D eigenvalue weighted by Crippen LogP contribution is 2.13. The predicted octanol–water partition coefficient (Wildman–Crippen LogP) is 0.255. The van der Waals surface area contributed by atoms with E-state index in [1.165, 1.54) is 20.3 Å². The van der Waals surface area contributed by atoms with E-state index in [0.717, 1.165) is 19.4 Å². The van der Waals surface area contributed by atoms with Crippen molar-refractivity contribution in [3.8, 4) is 0 Å². The molecule has 0 bridgehead atoms. The van der Waals surface area contributed by atoms with Crippen LogP contribution in [0.2, 0.25) is 0 Å². The summed E-state index contributed by atoms with van der Waals surface area (Å²) >= 11 is 0. The maximum absolute atomic E-state index is 8.45. The lowest BCUT2D eigenvalue weighted by Crippen LogP contribution is -2.15. The Balaban J connectivity index is 0.000000252. The van der Waals surface area contributed by atoms with Crippen LogP contribution in [0.4, 0.5) is 0 Å². The zero-order chi connectivity index (χ0) is 10.3. The molecular formula is C9H20O4. The van der Waals surface area contributed by atoms with Gasteiger partial charge >= 0.3 is 0 Å². The third kappa shape index (κ3) is 11.8. The van der Waals surface area contributed by atoms with Gasteiger partial charge in [0.05, 0.1) is 6.10 Å². The van der Waals surface area contributed by atoms with Crippen LogP contribution in [0.5, 0.6) is 0 Å². The standard InChI is InChI=1S/C6H12O2.C3H8O2/c7-4-3-6-2-1-5-8-6;1-3(2,4)5/h6-7H,1-5H2;4-5H,1-2H3/t6-;/m0./s1. The molecule has 13 heavy (non-hydrogen) atoms. The molecule has 0 aromatic carbocycles. The summed E-state index contributed by atoms with van der Waals surface area (Å²) in [6, 6.07) is 0. The summed E-state index contributed by atoms with van der Waals surface area (Å²) in [7, 11) is 0. The summed E-state index contributed by atoms with van der Waals surface area (Å²) in [4.78, 5) is 0. The van der Waals surface area contributed by atoms with Gasteiger partial charge in [0.25, 0.3) is 0 Å². The van der Waals surface area contributed by atoms with Gasteiger partial charge in [0, 0.05) is 13.2 Å². The average molecular weight is 192 g/mol. The molecule has 1 rings (SSSR count). The van der Waals surface area contributed by atoms with Gasteiger partial charge in [0.15, 0.2) is 5.79 Å². The van der Waals surface area contributed by atoms with Crippen LogP contribution in [0.25, 0.3) is 0 Å². The lowest BCUT2D eigenvalue weighted by molar-refractivity contribution is -0.127. The highest BCUT2D eigenvalue weighted by molar-refractivity contribution is 4.63. The van der Waals surface area contributed by atoms with Crippen LogP contribution in [-0.4, -0.2) is 40.4 Å². The van der Waals surface area contributed by atoms with E-state index in [0.29, 0.717) is 6.10 Å². The second kappa shape index (κ2) is 6.32.